The highest BCUT2D eigenvalue weighted by Gasteiger charge is 2.12. The maximum Gasteiger partial charge on any atom is 0.153 e. The van der Waals surface area contributed by atoms with E-state index in [2.05, 4.69) is 16.8 Å². The third kappa shape index (κ3) is 5.57. The van der Waals surface area contributed by atoms with E-state index in [1.165, 1.54) is 0 Å². The van der Waals surface area contributed by atoms with Crippen molar-refractivity contribution in [3.63, 3.8) is 0 Å². The Morgan fingerprint density at radius 1 is 1.18 bits per heavy atom. The first kappa shape index (κ1) is 17.2. The molecule has 1 aliphatic rings. The quantitative estimate of drug-likeness (QED) is 0.538. The number of carbonyl (C=O) groups is 1. The van der Waals surface area contributed by atoms with Gasteiger partial charge in [-0.05, 0) is 25.2 Å². The van der Waals surface area contributed by atoms with Crippen LogP contribution in [-0.2, 0) is 4.74 Å². The second-order valence-electron chi connectivity index (χ2n) is 5.41. The first-order valence-electron chi connectivity index (χ1n) is 7.55. The number of hydrogen-bond acceptors (Lipinski definition) is 5. The lowest BCUT2D eigenvalue weighted by Gasteiger charge is -2.32. The number of halogens is 1. The van der Waals surface area contributed by atoms with Gasteiger partial charge in [-0.15, -0.1) is 0 Å². The van der Waals surface area contributed by atoms with Gasteiger partial charge in [0.05, 0.1) is 18.8 Å². The van der Waals surface area contributed by atoms with Crippen LogP contribution in [0, 0.1) is 0 Å². The number of nitrogens with zero attached hydrogens (tertiary/aromatic N) is 2. The van der Waals surface area contributed by atoms with E-state index in [0.29, 0.717) is 36.2 Å². The van der Waals surface area contributed by atoms with Crippen molar-refractivity contribution >= 4 is 17.9 Å². The fourth-order valence-corrected chi connectivity index (χ4v) is 2.50. The molecule has 1 fully saturated rings. The van der Waals surface area contributed by atoms with Gasteiger partial charge in [0, 0.05) is 37.7 Å². The third-order valence-electron chi connectivity index (χ3n) is 3.73. The van der Waals surface area contributed by atoms with Gasteiger partial charge in [0.1, 0.15) is 12.4 Å². The second kappa shape index (κ2) is 9.10. The smallest absolute Gasteiger partial charge is 0.153 e. The SMILES string of the molecule is CN1CCN(CCOCCOc2ccc(Cl)cc2C=O)CC1. The van der Waals surface area contributed by atoms with Crippen LogP contribution < -0.4 is 4.74 Å². The Labute approximate surface area is 136 Å². The van der Waals surface area contributed by atoms with E-state index < -0.39 is 0 Å². The Hall–Kier alpha value is -1.14. The predicted octanol–water partition coefficient (Wildman–Crippen LogP) is 1.80. The van der Waals surface area contributed by atoms with Crippen LogP contribution in [0.3, 0.4) is 0 Å². The first-order chi connectivity index (χ1) is 10.7. The average Bonchev–Trinajstić information content (AvgIpc) is 2.53. The molecule has 0 N–H and O–H groups in total. The predicted molar refractivity (Wildman–Crippen MR) is 87.1 cm³/mol. The zero-order chi connectivity index (χ0) is 15.8. The summed E-state index contributed by atoms with van der Waals surface area (Å²) in [6, 6.07) is 5.01. The van der Waals surface area contributed by atoms with Crippen LogP contribution in [0.5, 0.6) is 5.75 Å². The zero-order valence-electron chi connectivity index (χ0n) is 13.0. The molecule has 0 unspecified atom stereocenters. The minimum Gasteiger partial charge on any atom is -0.490 e. The topological polar surface area (TPSA) is 42.0 Å². The van der Waals surface area contributed by atoms with Crippen LogP contribution in [0.4, 0.5) is 0 Å². The van der Waals surface area contributed by atoms with Crippen molar-refractivity contribution in [3.8, 4) is 5.75 Å². The molecule has 6 heteroatoms. The maximum absolute atomic E-state index is 10.9. The lowest BCUT2D eigenvalue weighted by molar-refractivity contribution is 0.0656. The number of ether oxygens (including phenoxy) is 2. The maximum atomic E-state index is 10.9. The van der Waals surface area contributed by atoms with Crippen LogP contribution in [-0.4, -0.2) is 75.7 Å². The number of rotatable bonds is 8. The van der Waals surface area contributed by atoms with Crippen LogP contribution in [0.1, 0.15) is 10.4 Å². The Balaban J connectivity index is 1.58. The minimum atomic E-state index is 0.422. The first-order valence-corrected chi connectivity index (χ1v) is 7.93. The number of likely N-dealkylation sites (N-methyl/N-ethyl adjacent to an activating group) is 1. The van der Waals surface area contributed by atoms with Gasteiger partial charge < -0.3 is 14.4 Å². The van der Waals surface area contributed by atoms with E-state index in [4.69, 9.17) is 21.1 Å². The summed E-state index contributed by atoms with van der Waals surface area (Å²) in [4.78, 5) is 15.7. The van der Waals surface area contributed by atoms with Crippen LogP contribution in [0.2, 0.25) is 5.02 Å². The lowest BCUT2D eigenvalue weighted by Crippen LogP contribution is -2.45. The van der Waals surface area contributed by atoms with Gasteiger partial charge in [0.15, 0.2) is 6.29 Å². The van der Waals surface area contributed by atoms with Gasteiger partial charge in [-0.25, -0.2) is 0 Å². The van der Waals surface area contributed by atoms with E-state index in [9.17, 15) is 4.79 Å². The monoisotopic (exact) mass is 326 g/mol. The molecule has 1 aliphatic heterocycles. The number of carbonyl (C=O) groups excluding carboxylic acids is 1. The lowest BCUT2D eigenvalue weighted by atomic mass is 10.2. The zero-order valence-corrected chi connectivity index (χ0v) is 13.7. The summed E-state index contributed by atoms with van der Waals surface area (Å²) in [5.74, 6) is 0.544. The van der Waals surface area contributed by atoms with Crippen molar-refractivity contribution in [2.24, 2.45) is 0 Å². The van der Waals surface area contributed by atoms with Gasteiger partial charge in [-0.2, -0.15) is 0 Å². The van der Waals surface area contributed by atoms with Crippen molar-refractivity contribution < 1.29 is 14.3 Å². The van der Waals surface area contributed by atoms with Gasteiger partial charge >= 0.3 is 0 Å². The Morgan fingerprint density at radius 2 is 1.95 bits per heavy atom. The van der Waals surface area contributed by atoms with E-state index >= 15 is 0 Å². The molecule has 1 heterocycles. The van der Waals surface area contributed by atoms with Crippen molar-refractivity contribution in [1.29, 1.82) is 0 Å². The second-order valence-corrected chi connectivity index (χ2v) is 5.84. The normalized spacial score (nSPS) is 16.6. The molecule has 5 nitrogen and oxygen atoms in total. The molecule has 0 saturated carbocycles. The van der Waals surface area contributed by atoms with Gasteiger partial charge in [0.2, 0.25) is 0 Å². The molecular formula is C16H23ClN2O3. The van der Waals surface area contributed by atoms with Crippen LogP contribution in [0.15, 0.2) is 18.2 Å². The summed E-state index contributed by atoms with van der Waals surface area (Å²) in [5, 5.41) is 0.526. The fraction of sp³-hybridized carbons (Fsp3) is 0.562. The summed E-state index contributed by atoms with van der Waals surface area (Å²) in [5.41, 5.74) is 0.463. The molecule has 0 aromatic heterocycles. The number of hydrogen-bond donors (Lipinski definition) is 0. The molecule has 22 heavy (non-hydrogen) atoms. The minimum absolute atomic E-state index is 0.422. The molecule has 0 spiro atoms. The summed E-state index contributed by atoms with van der Waals surface area (Å²) >= 11 is 5.83. The Morgan fingerprint density at radius 3 is 2.68 bits per heavy atom. The molecule has 0 aliphatic carbocycles. The molecule has 122 valence electrons. The van der Waals surface area contributed by atoms with Crippen molar-refractivity contribution in [3.05, 3.63) is 28.8 Å². The van der Waals surface area contributed by atoms with Crippen molar-refractivity contribution in [2.75, 3.05) is 59.6 Å². The van der Waals surface area contributed by atoms with Crippen molar-refractivity contribution in [2.45, 2.75) is 0 Å². The van der Waals surface area contributed by atoms with Crippen molar-refractivity contribution in [1.82, 2.24) is 9.80 Å². The van der Waals surface area contributed by atoms with E-state index in [-0.39, 0.29) is 0 Å². The highest BCUT2D eigenvalue weighted by atomic mass is 35.5. The average molecular weight is 327 g/mol. The summed E-state index contributed by atoms with van der Waals surface area (Å²) in [6.07, 6.45) is 0.745. The molecule has 1 aromatic carbocycles. The Bertz CT molecular complexity index is 476. The molecule has 2 rings (SSSR count). The van der Waals surface area contributed by atoms with Crippen LogP contribution >= 0.6 is 11.6 Å². The van der Waals surface area contributed by atoms with Gasteiger partial charge in [-0.1, -0.05) is 11.6 Å². The molecule has 0 radical (unpaired) electrons. The number of piperazine rings is 1. The number of benzene rings is 1. The molecular weight excluding hydrogens is 304 g/mol. The molecule has 0 amide bonds. The number of aldehydes is 1. The van der Waals surface area contributed by atoms with E-state index in [1.54, 1.807) is 18.2 Å². The third-order valence-corrected chi connectivity index (χ3v) is 3.97. The van der Waals surface area contributed by atoms with E-state index in [0.717, 1.165) is 39.0 Å². The van der Waals surface area contributed by atoms with Gasteiger partial charge in [0.25, 0.3) is 0 Å². The summed E-state index contributed by atoms with van der Waals surface area (Å²) in [7, 11) is 2.15. The van der Waals surface area contributed by atoms with Crippen LogP contribution in [0.25, 0.3) is 0 Å². The highest BCUT2D eigenvalue weighted by Crippen LogP contribution is 2.21. The molecule has 1 saturated heterocycles. The Kier molecular flexibility index (Phi) is 7.12. The largest absolute Gasteiger partial charge is 0.490 e. The molecule has 1 aromatic rings. The summed E-state index contributed by atoms with van der Waals surface area (Å²) < 4.78 is 11.1. The van der Waals surface area contributed by atoms with E-state index in [1.807, 2.05) is 0 Å². The molecule has 0 bridgehead atoms. The fourth-order valence-electron chi connectivity index (χ4n) is 2.32. The van der Waals surface area contributed by atoms with Gasteiger partial charge in [-0.3, -0.25) is 9.69 Å². The molecule has 0 atom stereocenters. The highest BCUT2D eigenvalue weighted by molar-refractivity contribution is 6.30. The standard InChI is InChI=1S/C16H23ClN2O3/c1-18-4-6-19(7-5-18)8-9-21-10-11-22-16-3-2-15(17)12-14(16)13-20/h2-3,12-13H,4-11H2,1H3. The summed E-state index contributed by atoms with van der Waals surface area (Å²) in [6.45, 7) is 7.03.